The highest BCUT2D eigenvalue weighted by atomic mass is 16.7. The van der Waals surface area contributed by atoms with Crippen molar-refractivity contribution >= 4 is 12.0 Å². The van der Waals surface area contributed by atoms with Crippen LogP contribution in [0.25, 0.3) is 6.08 Å². The fraction of sp³-hybridized carbons (Fsp3) is 0.400. The Morgan fingerprint density at radius 1 is 1.33 bits per heavy atom. The van der Waals surface area contributed by atoms with Crippen LogP contribution in [0.5, 0.6) is 11.5 Å². The fourth-order valence-electron chi connectivity index (χ4n) is 2.31. The zero-order valence-corrected chi connectivity index (χ0v) is 11.4. The van der Waals surface area contributed by atoms with E-state index in [0.29, 0.717) is 24.8 Å². The van der Waals surface area contributed by atoms with Crippen molar-refractivity contribution in [1.29, 1.82) is 0 Å². The molecule has 6 heteroatoms. The van der Waals surface area contributed by atoms with Crippen LogP contribution < -0.4 is 0 Å². The number of phenolic OH excluding ortho intramolecular Hbond substituents is 2. The van der Waals surface area contributed by atoms with Crippen LogP contribution in [0.2, 0.25) is 0 Å². The van der Waals surface area contributed by atoms with Crippen molar-refractivity contribution in [1.82, 2.24) is 0 Å². The molecule has 2 unspecified atom stereocenters. The molecule has 0 saturated heterocycles. The molecule has 4 N–H and O–H groups in total. The maximum absolute atomic E-state index is 11.7. The lowest BCUT2D eigenvalue weighted by Crippen LogP contribution is -2.41. The Morgan fingerprint density at radius 3 is 2.76 bits per heavy atom. The molecule has 1 aliphatic carbocycles. The van der Waals surface area contributed by atoms with E-state index in [1.54, 1.807) is 0 Å². The average Bonchev–Trinajstić information content (AvgIpc) is 2.39. The summed E-state index contributed by atoms with van der Waals surface area (Å²) in [5.41, 5.74) is 0.498. The zero-order valence-electron chi connectivity index (χ0n) is 11.4. The number of benzene rings is 1. The van der Waals surface area contributed by atoms with Gasteiger partial charge >= 0.3 is 5.97 Å². The summed E-state index contributed by atoms with van der Waals surface area (Å²) in [5.74, 6) is -2.91. The molecule has 114 valence electrons. The summed E-state index contributed by atoms with van der Waals surface area (Å²) in [6.45, 7) is 0. The van der Waals surface area contributed by atoms with E-state index >= 15 is 0 Å². The predicted octanol–water partition coefficient (Wildman–Crippen LogP) is 1.28. The molecule has 0 radical (unpaired) electrons. The molecule has 21 heavy (non-hydrogen) atoms. The Labute approximate surface area is 121 Å². The SMILES string of the molecule is O=C(/C=C/c1ccc(O)c(O)c1)OC1(O)CCCC(O)C1. The van der Waals surface area contributed by atoms with Gasteiger partial charge in [0.1, 0.15) is 0 Å². The summed E-state index contributed by atoms with van der Waals surface area (Å²) < 4.78 is 4.98. The van der Waals surface area contributed by atoms with Gasteiger partial charge < -0.3 is 25.2 Å². The Balaban J connectivity index is 1.97. The molecule has 1 aromatic rings. The van der Waals surface area contributed by atoms with Gasteiger partial charge in [0.05, 0.1) is 6.10 Å². The van der Waals surface area contributed by atoms with Crippen molar-refractivity contribution in [3.8, 4) is 11.5 Å². The minimum absolute atomic E-state index is 0.00653. The Kier molecular flexibility index (Phi) is 4.50. The first-order chi connectivity index (χ1) is 9.88. The zero-order chi connectivity index (χ0) is 15.5. The standard InChI is InChI=1S/C15H18O6/c16-11-2-1-7-15(20,9-11)21-14(19)6-4-10-3-5-12(17)13(18)8-10/h3-6,8,11,16-18,20H,1-2,7,9H2/b6-4+. The predicted molar refractivity (Wildman–Crippen MR) is 74.3 cm³/mol. The number of hydrogen-bond donors (Lipinski definition) is 4. The fourth-order valence-corrected chi connectivity index (χ4v) is 2.31. The maximum Gasteiger partial charge on any atom is 0.333 e. The third kappa shape index (κ3) is 4.21. The molecule has 1 aromatic carbocycles. The highest BCUT2D eigenvalue weighted by Gasteiger charge is 2.36. The summed E-state index contributed by atoms with van der Waals surface area (Å²) in [4.78, 5) is 11.7. The van der Waals surface area contributed by atoms with Gasteiger partial charge in [-0.05, 0) is 36.6 Å². The van der Waals surface area contributed by atoms with Crippen molar-refractivity contribution in [2.24, 2.45) is 0 Å². The van der Waals surface area contributed by atoms with Crippen molar-refractivity contribution in [3.63, 3.8) is 0 Å². The van der Waals surface area contributed by atoms with Crippen LogP contribution in [0.1, 0.15) is 31.2 Å². The van der Waals surface area contributed by atoms with Gasteiger partial charge in [-0.25, -0.2) is 4.79 Å². The third-order valence-electron chi connectivity index (χ3n) is 3.36. The molecule has 2 atom stereocenters. The molecule has 0 aromatic heterocycles. The molecule has 6 nitrogen and oxygen atoms in total. The van der Waals surface area contributed by atoms with Crippen LogP contribution in [0, 0.1) is 0 Å². The molecule has 2 rings (SSSR count). The molecule has 0 amide bonds. The van der Waals surface area contributed by atoms with Crippen LogP contribution in [0.3, 0.4) is 0 Å². The van der Waals surface area contributed by atoms with Gasteiger partial charge in [0.2, 0.25) is 5.79 Å². The molecule has 0 heterocycles. The second-order valence-corrected chi connectivity index (χ2v) is 5.20. The van der Waals surface area contributed by atoms with Crippen molar-refractivity contribution in [2.45, 2.75) is 37.6 Å². The second-order valence-electron chi connectivity index (χ2n) is 5.20. The minimum atomic E-state index is -1.63. The average molecular weight is 294 g/mol. The van der Waals surface area contributed by atoms with Crippen molar-refractivity contribution in [3.05, 3.63) is 29.8 Å². The molecular formula is C15H18O6. The second kappa shape index (κ2) is 6.15. The molecule has 1 fully saturated rings. The van der Waals surface area contributed by atoms with E-state index in [4.69, 9.17) is 4.74 Å². The minimum Gasteiger partial charge on any atom is -0.504 e. The number of carbonyl (C=O) groups excluding carboxylic acids is 1. The number of aliphatic hydroxyl groups excluding tert-OH is 1. The lowest BCUT2D eigenvalue weighted by atomic mass is 9.92. The summed E-state index contributed by atoms with van der Waals surface area (Å²) >= 11 is 0. The summed E-state index contributed by atoms with van der Waals surface area (Å²) in [6, 6.07) is 4.10. The molecule has 1 aliphatic rings. The first-order valence-corrected chi connectivity index (χ1v) is 6.71. The summed E-state index contributed by atoms with van der Waals surface area (Å²) in [5, 5.41) is 38.1. The van der Waals surface area contributed by atoms with E-state index in [1.165, 1.54) is 24.3 Å². The molecule has 0 spiro atoms. The van der Waals surface area contributed by atoms with Crippen LogP contribution in [-0.2, 0) is 9.53 Å². The number of phenols is 2. The van der Waals surface area contributed by atoms with Crippen LogP contribution in [0.4, 0.5) is 0 Å². The highest BCUT2D eigenvalue weighted by Crippen LogP contribution is 2.30. The van der Waals surface area contributed by atoms with Crippen LogP contribution in [-0.4, -0.2) is 38.3 Å². The van der Waals surface area contributed by atoms with Gasteiger partial charge in [0, 0.05) is 18.9 Å². The third-order valence-corrected chi connectivity index (χ3v) is 3.36. The van der Waals surface area contributed by atoms with Gasteiger partial charge in [-0.15, -0.1) is 0 Å². The summed E-state index contributed by atoms with van der Waals surface area (Å²) in [7, 11) is 0. The van der Waals surface area contributed by atoms with E-state index in [0.717, 1.165) is 6.08 Å². The largest absolute Gasteiger partial charge is 0.504 e. The van der Waals surface area contributed by atoms with E-state index in [1.807, 2.05) is 0 Å². The first-order valence-electron chi connectivity index (χ1n) is 6.71. The van der Waals surface area contributed by atoms with E-state index in [9.17, 15) is 25.2 Å². The van der Waals surface area contributed by atoms with Gasteiger partial charge in [-0.1, -0.05) is 6.07 Å². The number of aliphatic hydroxyl groups is 2. The van der Waals surface area contributed by atoms with E-state index in [2.05, 4.69) is 0 Å². The molecule has 0 bridgehead atoms. The monoisotopic (exact) mass is 294 g/mol. The van der Waals surface area contributed by atoms with E-state index in [-0.39, 0.29) is 17.9 Å². The smallest absolute Gasteiger partial charge is 0.333 e. The first kappa shape index (κ1) is 15.3. The number of aromatic hydroxyl groups is 2. The van der Waals surface area contributed by atoms with Crippen molar-refractivity contribution < 1.29 is 30.0 Å². The number of rotatable bonds is 3. The van der Waals surface area contributed by atoms with Gasteiger partial charge in [0.25, 0.3) is 0 Å². The number of esters is 1. The Morgan fingerprint density at radius 2 is 2.10 bits per heavy atom. The van der Waals surface area contributed by atoms with Gasteiger partial charge in [0.15, 0.2) is 11.5 Å². The molecule has 0 aliphatic heterocycles. The highest BCUT2D eigenvalue weighted by molar-refractivity contribution is 5.87. The number of carbonyl (C=O) groups is 1. The Hall–Kier alpha value is -2.05. The van der Waals surface area contributed by atoms with Crippen LogP contribution in [0.15, 0.2) is 24.3 Å². The normalized spacial score (nSPS) is 25.9. The lowest BCUT2D eigenvalue weighted by Gasteiger charge is -2.33. The Bertz CT molecular complexity index is 553. The number of ether oxygens (including phenoxy) is 1. The number of hydrogen-bond acceptors (Lipinski definition) is 6. The lowest BCUT2D eigenvalue weighted by molar-refractivity contribution is -0.225. The van der Waals surface area contributed by atoms with Gasteiger partial charge in [-0.2, -0.15) is 0 Å². The topological polar surface area (TPSA) is 107 Å². The molecular weight excluding hydrogens is 276 g/mol. The summed E-state index contributed by atoms with van der Waals surface area (Å²) in [6.07, 6.45) is 3.31. The van der Waals surface area contributed by atoms with E-state index < -0.39 is 17.9 Å². The van der Waals surface area contributed by atoms with Crippen LogP contribution >= 0.6 is 0 Å². The molecule has 1 saturated carbocycles. The quantitative estimate of drug-likeness (QED) is 0.289. The van der Waals surface area contributed by atoms with Gasteiger partial charge in [-0.3, -0.25) is 0 Å². The van der Waals surface area contributed by atoms with Crippen molar-refractivity contribution in [2.75, 3.05) is 0 Å². The maximum atomic E-state index is 11.7.